The van der Waals surface area contributed by atoms with Crippen LogP contribution in [-0.2, 0) is 0 Å². The third-order valence-electron chi connectivity index (χ3n) is 2.02. The second-order valence-corrected chi connectivity index (χ2v) is 3.31. The number of aliphatic hydroxyl groups excluding tert-OH is 1. The maximum absolute atomic E-state index is 11.5. The minimum absolute atomic E-state index is 0.125. The van der Waals surface area contributed by atoms with Crippen LogP contribution in [0.3, 0.4) is 0 Å². The van der Waals surface area contributed by atoms with Gasteiger partial charge in [-0.25, -0.2) is 0 Å². The van der Waals surface area contributed by atoms with Crippen molar-refractivity contribution in [2.24, 2.45) is 0 Å². The number of nitrogens with one attached hydrogen (secondary N) is 1. The topological polar surface area (TPSA) is 75.4 Å². The Morgan fingerprint density at radius 2 is 2.20 bits per heavy atom. The summed E-state index contributed by atoms with van der Waals surface area (Å²) in [6.45, 7) is 0.738. The molecule has 0 fully saturated rings. The molecule has 0 saturated carbocycles. The summed E-state index contributed by atoms with van der Waals surface area (Å²) >= 11 is 0. The molecule has 0 radical (unpaired) electrons. The maximum atomic E-state index is 11.5. The molecule has 0 bridgehead atoms. The summed E-state index contributed by atoms with van der Waals surface area (Å²) in [4.78, 5) is 11.5. The highest BCUT2D eigenvalue weighted by molar-refractivity contribution is 5.94. The molecule has 82 valence electrons. The molecule has 1 rings (SSSR count). The molecule has 1 aromatic carbocycles. The van der Waals surface area contributed by atoms with Gasteiger partial charge in [0.05, 0.1) is 0 Å². The zero-order valence-electron chi connectivity index (χ0n) is 8.57. The third kappa shape index (κ3) is 3.99. The first-order valence-electron chi connectivity index (χ1n) is 4.98. The number of benzene rings is 1. The van der Waals surface area contributed by atoms with Crippen molar-refractivity contribution in [3.63, 3.8) is 0 Å². The van der Waals surface area contributed by atoms with Crippen LogP contribution in [0.25, 0.3) is 0 Å². The molecule has 0 aromatic heterocycles. The number of hydrogen-bond donors (Lipinski definition) is 3. The number of rotatable bonds is 5. The lowest BCUT2D eigenvalue weighted by atomic mass is 10.2. The van der Waals surface area contributed by atoms with Gasteiger partial charge in [0.15, 0.2) is 0 Å². The van der Waals surface area contributed by atoms with Gasteiger partial charge < -0.3 is 16.2 Å². The Balaban J connectivity index is 2.40. The number of nitrogens with two attached hydrogens (primary N) is 1. The van der Waals surface area contributed by atoms with Crippen molar-refractivity contribution >= 4 is 11.6 Å². The monoisotopic (exact) mass is 208 g/mol. The standard InChI is InChI=1S/C11H16N2O2/c12-10-5-3-4-9(8-10)11(15)13-6-1-2-7-14/h3-5,8,14H,1-2,6-7,12H2,(H,13,15). The van der Waals surface area contributed by atoms with Gasteiger partial charge in [0.1, 0.15) is 0 Å². The SMILES string of the molecule is Nc1cccc(C(=O)NCCCCO)c1. The lowest BCUT2D eigenvalue weighted by Gasteiger charge is -2.04. The second kappa shape index (κ2) is 6.03. The summed E-state index contributed by atoms with van der Waals surface area (Å²) in [6, 6.07) is 6.85. The van der Waals surface area contributed by atoms with Crippen LogP contribution in [0.1, 0.15) is 23.2 Å². The lowest BCUT2D eigenvalue weighted by Crippen LogP contribution is -2.24. The smallest absolute Gasteiger partial charge is 0.251 e. The molecule has 0 aliphatic rings. The van der Waals surface area contributed by atoms with E-state index in [4.69, 9.17) is 10.8 Å². The third-order valence-corrected chi connectivity index (χ3v) is 2.02. The Bertz CT molecular complexity index is 326. The lowest BCUT2D eigenvalue weighted by molar-refractivity contribution is 0.0952. The number of carbonyl (C=O) groups is 1. The quantitative estimate of drug-likeness (QED) is 0.494. The Hall–Kier alpha value is -1.55. The second-order valence-electron chi connectivity index (χ2n) is 3.31. The average molecular weight is 208 g/mol. The number of amides is 1. The normalized spacial score (nSPS) is 9.93. The molecule has 0 aliphatic heterocycles. The number of unbranched alkanes of at least 4 members (excludes halogenated alkanes) is 1. The van der Waals surface area contributed by atoms with Gasteiger partial charge in [-0.05, 0) is 31.0 Å². The Morgan fingerprint density at radius 3 is 2.87 bits per heavy atom. The summed E-state index contributed by atoms with van der Waals surface area (Å²) in [6.07, 6.45) is 1.49. The molecule has 4 heteroatoms. The molecule has 4 N–H and O–H groups in total. The predicted molar refractivity (Wildman–Crippen MR) is 59.5 cm³/mol. The first-order valence-corrected chi connectivity index (χ1v) is 4.98. The van der Waals surface area contributed by atoms with E-state index in [1.54, 1.807) is 24.3 Å². The van der Waals surface area contributed by atoms with Crippen molar-refractivity contribution in [2.45, 2.75) is 12.8 Å². The van der Waals surface area contributed by atoms with Gasteiger partial charge in [-0.1, -0.05) is 6.07 Å². The minimum atomic E-state index is -0.125. The van der Waals surface area contributed by atoms with Gasteiger partial charge in [0.25, 0.3) is 5.91 Å². The van der Waals surface area contributed by atoms with Gasteiger partial charge in [0.2, 0.25) is 0 Å². The number of carbonyl (C=O) groups excluding carboxylic acids is 1. The maximum Gasteiger partial charge on any atom is 0.251 e. The highest BCUT2D eigenvalue weighted by atomic mass is 16.2. The van der Waals surface area contributed by atoms with Gasteiger partial charge in [-0.15, -0.1) is 0 Å². The van der Waals surface area contributed by atoms with E-state index in [0.717, 1.165) is 6.42 Å². The molecule has 0 spiro atoms. The van der Waals surface area contributed by atoms with Crippen LogP contribution in [0.15, 0.2) is 24.3 Å². The Labute approximate surface area is 89.1 Å². The summed E-state index contributed by atoms with van der Waals surface area (Å²) < 4.78 is 0. The van der Waals surface area contributed by atoms with Gasteiger partial charge in [0, 0.05) is 24.4 Å². The van der Waals surface area contributed by atoms with E-state index >= 15 is 0 Å². The summed E-state index contributed by atoms with van der Waals surface area (Å²) in [5.74, 6) is -0.125. The number of aliphatic hydroxyl groups is 1. The van der Waals surface area contributed by atoms with E-state index in [0.29, 0.717) is 24.2 Å². The van der Waals surface area contributed by atoms with E-state index in [9.17, 15) is 4.79 Å². The fourth-order valence-electron chi connectivity index (χ4n) is 1.22. The van der Waals surface area contributed by atoms with E-state index in [-0.39, 0.29) is 12.5 Å². The van der Waals surface area contributed by atoms with E-state index in [1.807, 2.05) is 0 Å². The number of nitrogen functional groups attached to an aromatic ring is 1. The number of anilines is 1. The first-order chi connectivity index (χ1) is 7.24. The van der Waals surface area contributed by atoms with Crippen molar-refractivity contribution < 1.29 is 9.90 Å². The van der Waals surface area contributed by atoms with E-state index in [1.165, 1.54) is 0 Å². The van der Waals surface area contributed by atoms with Crippen molar-refractivity contribution in [3.05, 3.63) is 29.8 Å². The molecule has 0 aliphatic carbocycles. The van der Waals surface area contributed by atoms with Crippen LogP contribution >= 0.6 is 0 Å². The zero-order chi connectivity index (χ0) is 11.1. The van der Waals surface area contributed by atoms with Crippen LogP contribution in [-0.4, -0.2) is 24.2 Å². The predicted octanol–water partition coefficient (Wildman–Crippen LogP) is 0.771. The Kier molecular flexibility index (Phi) is 4.63. The molecule has 4 nitrogen and oxygen atoms in total. The first kappa shape index (κ1) is 11.5. The summed E-state index contributed by atoms with van der Waals surface area (Å²) in [5, 5.41) is 11.3. The highest BCUT2D eigenvalue weighted by Crippen LogP contribution is 2.05. The van der Waals surface area contributed by atoms with Crippen molar-refractivity contribution in [2.75, 3.05) is 18.9 Å². The van der Waals surface area contributed by atoms with E-state index in [2.05, 4.69) is 5.32 Å². The van der Waals surface area contributed by atoms with Crippen LogP contribution in [0.4, 0.5) is 5.69 Å². The van der Waals surface area contributed by atoms with Crippen LogP contribution < -0.4 is 11.1 Å². The van der Waals surface area contributed by atoms with Crippen molar-refractivity contribution in [1.82, 2.24) is 5.32 Å². The molecule has 1 amide bonds. The number of hydrogen-bond acceptors (Lipinski definition) is 3. The van der Waals surface area contributed by atoms with Gasteiger partial charge in [-0.3, -0.25) is 4.79 Å². The molecule has 0 atom stereocenters. The van der Waals surface area contributed by atoms with E-state index < -0.39 is 0 Å². The minimum Gasteiger partial charge on any atom is -0.399 e. The van der Waals surface area contributed by atoms with Crippen molar-refractivity contribution in [3.8, 4) is 0 Å². The highest BCUT2D eigenvalue weighted by Gasteiger charge is 2.03. The van der Waals surface area contributed by atoms with Crippen LogP contribution in [0.5, 0.6) is 0 Å². The van der Waals surface area contributed by atoms with Crippen LogP contribution in [0, 0.1) is 0 Å². The molecular weight excluding hydrogens is 192 g/mol. The fraction of sp³-hybridized carbons (Fsp3) is 0.364. The summed E-state index contributed by atoms with van der Waals surface area (Å²) in [5.41, 5.74) is 6.71. The molecule has 0 heterocycles. The van der Waals surface area contributed by atoms with Gasteiger partial charge >= 0.3 is 0 Å². The fourth-order valence-corrected chi connectivity index (χ4v) is 1.22. The Morgan fingerprint density at radius 1 is 1.40 bits per heavy atom. The van der Waals surface area contributed by atoms with Crippen LogP contribution in [0.2, 0.25) is 0 Å². The van der Waals surface area contributed by atoms with Crippen molar-refractivity contribution in [1.29, 1.82) is 0 Å². The molecular formula is C11H16N2O2. The van der Waals surface area contributed by atoms with Gasteiger partial charge in [-0.2, -0.15) is 0 Å². The molecule has 15 heavy (non-hydrogen) atoms. The average Bonchev–Trinajstić information content (AvgIpc) is 2.24. The largest absolute Gasteiger partial charge is 0.399 e. The molecule has 0 saturated heterocycles. The molecule has 0 unspecified atom stereocenters. The molecule has 1 aromatic rings. The zero-order valence-corrected chi connectivity index (χ0v) is 8.57. The summed E-state index contributed by atoms with van der Waals surface area (Å²) in [7, 11) is 0.